The summed E-state index contributed by atoms with van der Waals surface area (Å²) >= 11 is 6.21. The number of ketones is 1. The summed E-state index contributed by atoms with van der Waals surface area (Å²) in [6.45, 7) is 1.53. The van der Waals surface area contributed by atoms with Gasteiger partial charge in [0.2, 0.25) is 5.43 Å². The van der Waals surface area contributed by atoms with Gasteiger partial charge in [0, 0.05) is 41.4 Å². The zero-order chi connectivity index (χ0) is 31.5. The molecule has 1 aliphatic carbocycles. The third kappa shape index (κ3) is 5.50. The Morgan fingerprint density at radius 1 is 0.977 bits per heavy atom. The Morgan fingerprint density at radius 3 is 2.45 bits per heavy atom. The monoisotopic (exact) mass is 608 g/mol. The molecule has 11 heteroatoms. The molecule has 0 fully saturated rings. The van der Waals surface area contributed by atoms with Crippen LogP contribution in [0.5, 0.6) is 5.75 Å². The number of hydrogen-bond donors (Lipinski definition) is 3. The number of carboxylic acids is 1. The van der Waals surface area contributed by atoms with Gasteiger partial charge in [-0.1, -0.05) is 48.0 Å². The number of carbonyl (C=O) groups excluding carboxylic acids is 3. The highest BCUT2D eigenvalue weighted by Gasteiger charge is 2.24. The first-order chi connectivity index (χ1) is 21.1. The van der Waals surface area contributed by atoms with Crippen molar-refractivity contribution < 1.29 is 33.8 Å². The van der Waals surface area contributed by atoms with Crippen LogP contribution in [-0.2, 0) is 16.1 Å². The molecule has 0 amide bonds. The van der Waals surface area contributed by atoms with Gasteiger partial charge < -0.3 is 19.9 Å². The molecule has 44 heavy (non-hydrogen) atoms. The number of halogens is 1. The van der Waals surface area contributed by atoms with E-state index in [-0.39, 0.29) is 46.2 Å². The zero-order valence-corrected chi connectivity index (χ0v) is 23.6. The molecule has 2 heterocycles. The van der Waals surface area contributed by atoms with Gasteiger partial charge in [0.05, 0.1) is 27.4 Å². The van der Waals surface area contributed by atoms with Crippen molar-refractivity contribution in [3.63, 3.8) is 0 Å². The largest absolute Gasteiger partial charge is 0.507 e. The van der Waals surface area contributed by atoms with Crippen LogP contribution in [0.25, 0.3) is 44.3 Å². The second-order valence-corrected chi connectivity index (χ2v) is 10.0. The SMILES string of the molecule is CC(=O)c1ccc2cccc(NCc3c(O)ccc4c(-c5ccccc5C(=O)O)c5cc(Cl)c(=O)cc-5oc34)c2n1.O=C=O. The van der Waals surface area contributed by atoms with E-state index in [0.717, 1.165) is 5.39 Å². The van der Waals surface area contributed by atoms with Crippen LogP contribution in [0.1, 0.15) is 33.3 Å². The first-order valence-electron chi connectivity index (χ1n) is 13.0. The van der Waals surface area contributed by atoms with Gasteiger partial charge in [0.25, 0.3) is 0 Å². The van der Waals surface area contributed by atoms with Crippen molar-refractivity contribution in [3.05, 3.63) is 111 Å². The predicted molar refractivity (Wildman–Crippen MR) is 162 cm³/mol. The smallest absolute Gasteiger partial charge is 0.373 e. The number of phenolic OH excluding ortho intramolecular Hbond substituents is 1. The molecule has 3 aromatic carbocycles. The van der Waals surface area contributed by atoms with E-state index >= 15 is 0 Å². The van der Waals surface area contributed by atoms with E-state index in [1.54, 1.807) is 30.3 Å². The number of aromatic hydroxyl groups is 1. The highest BCUT2D eigenvalue weighted by atomic mass is 35.5. The molecule has 0 unspecified atom stereocenters. The summed E-state index contributed by atoms with van der Waals surface area (Å²) < 4.78 is 6.22. The van der Waals surface area contributed by atoms with E-state index in [9.17, 15) is 24.6 Å². The molecule has 0 bridgehead atoms. The number of carboxylic acid groups (broad SMARTS) is 1. The molecule has 1 aromatic heterocycles. The van der Waals surface area contributed by atoms with Crippen LogP contribution < -0.4 is 10.7 Å². The summed E-state index contributed by atoms with van der Waals surface area (Å²) in [5, 5.41) is 25.5. The molecule has 10 nitrogen and oxygen atoms in total. The quantitative estimate of drug-likeness (QED) is 0.142. The minimum atomic E-state index is -1.12. The molecule has 6 rings (SSSR count). The van der Waals surface area contributed by atoms with Crippen molar-refractivity contribution in [2.45, 2.75) is 13.5 Å². The molecule has 0 saturated carbocycles. The van der Waals surface area contributed by atoms with Crippen molar-refractivity contribution in [2.24, 2.45) is 0 Å². The minimum Gasteiger partial charge on any atom is -0.507 e. The van der Waals surface area contributed by atoms with E-state index in [1.165, 1.54) is 31.2 Å². The van der Waals surface area contributed by atoms with Crippen LogP contribution in [0.3, 0.4) is 0 Å². The Labute approximate surface area is 253 Å². The summed E-state index contributed by atoms with van der Waals surface area (Å²) in [7, 11) is 0. The number of carbonyl (C=O) groups is 2. The van der Waals surface area contributed by atoms with Gasteiger partial charge in [0.15, 0.2) is 5.78 Å². The van der Waals surface area contributed by atoms with Crippen LogP contribution in [0.15, 0.2) is 88.1 Å². The molecule has 0 radical (unpaired) electrons. The first kappa shape index (κ1) is 29.7. The normalized spacial score (nSPS) is 10.7. The van der Waals surface area contributed by atoms with Crippen molar-refractivity contribution in [3.8, 4) is 28.2 Å². The lowest BCUT2D eigenvalue weighted by Crippen LogP contribution is -2.06. The molecular weight excluding hydrogens is 588 g/mol. The lowest BCUT2D eigenvalue weighted by atomic mass is 9.90. The lowest BCUT2D eigenvalue weighted by molar-refractivity contribution is -0.191. The number of phenols is 1. The second kappa shape index (κ2) is 12.2. The molecular formula is C33H21ClN2O8. The Bertz CT molecular complexity index is 2170. The number of aromatic nitrogens is 1. The number of fused-ring (bicyclic) bond motifs is 3. The van der Waals surface area contributed by atoms with E-state index in [1.807, 2.05) is 24.3 Å². The van der Waals surface area contributed by atoms with Crippen LogP contribution in [0.4, 0.5) is 5.69 Å². The van der Waals surface area contributed by atoms with Gasteiger partial charge in [-0.05, 0) is 42.0 Å². The average Bonchev–Trinajstić information content (AvgIpc) is 3.00. The molecule has 0 spiro atoms. The molecule has 218 valence electrons. The number of para-hydroxylation sites is 1. The minimum absolute atomic E-state index is 0.0323. The number of anilines is 1. The second-order valence-electron chi connectivity index (χ2n) is 9.61. The van der Waals surface area contributed by atoms with Gasteiger partial charge in [-0.25, -0.2) is 9.78 Å². The number of aromatic carboxylic acids is 1. The molecule has 4 aromatic rings. The number of rotatable bonds is 6. The van der Waals surface area contributed by atoms with Gasteiger partial charge in [-0.2, -0.15) is 9.59 Å². The summed E-state index contributed by atoms with van der Waals surface area (Å²) in [5.74, 6) is -1.17. The lowest BCUT2D eigenvalue weighted by Gasteiger charge is -2.19. The van der Waals surface area contributed by atoms with Crippen molar-refractivity contribution >= 4 is 57.1 Å². The van der Waals surface area contributed by atoms with Crippen molar-refractivity contribution in [1.29, 1.82) is 0 Å². The molecule has 2 aliphatic rings. The predicted octanol–water partition coefficient (Wildman–Crippen LogP) is 6.40. The first-order valence-corrected chi connectivity index (χ1v) is 13.4. The maximum atomic E-state index is 12.5. The maximum absolute atomic E-state index is 12.5. The number of Topliss-reactive ketones (excluding diaryl/α,β-unsaturated/α-hetero) is 1. The Kier molecular flexibility index (Phi) is 8.21. The third-order valence-corrected chi connectivity index (χ3v) is 7.28. The number of pyridine rings is 1. The van der Waals surface area contributed by atoms with Gasteiger partial charge in [-0.3, -0.25) is 9.59 Å². The number of benzene rings is 4. The fourth-order valence-electron chi connectivity index (χ4n) is 5.02. The molecule has 1 aliphatic heterocycles. The van der Waals surface area contributed by atoms with Crippen LogP contribution >= 0.6 is 11.6 Å². The number of hydrogen-bond acceptors (Lipinski definition) is 9. The topological polar surface area (TPSA) is 164 Å². The zero-order valence-electron chi connectivity index (χ0n) is 22.9. The fraction of sp³-hybridized carbons (Fsp3) is 0.0606. The molecule has 0 saturated heterocycles. The van der Waals surface area contributed by atoms with E-state index in [4.69, 9.17) is 25.6 Å². The van der Waals surface area contributed by atoms with Gasteiger partial charge >= 0.3 is 12.1 Å². The highest BCUT2D eigenvalue weighted by Crippen LogP contribution is 2.44. The van der Waals surface area contributed by atoms with Gasteiger partial charge in [0.1, 0.15) is 22.8 Å². The van der Waals surface area contributed by atoms with Crippen molar-refractivity contribution in [2.75, 3.05) is 5.32 Å². The van der Waals surface area contributed by atoms with Crippen molar-refractivity contribution in [1.82, 2.24) is 4.98 Å². The maximum Gasteiger partial charge on any atom is 0.373 e. The Hall–Kier alpha value is -5.83. The van der Waals surface area contributed by atoms with Gasteiger partial charge in [-0.15, -0.1) is 0 Å². The standard InChI is InChI=1S/C32H21ClN2O6.CO2/c1-16(36)24-11-9-17-5-4-8-25(30(17)35-24)34-15-22-26(37)12-10-20-29(18-6-2-3-7-19(18)32(39)40)21-13-23(33)27(38)14-28(21)41-31(20)22;2-1-3/h2-14,34,37H,15H2,1H3,(H,39,40);. The Balaban J connectivity index is 0.00000123. The molecule has 0 atom stereocenters. The van der Waals surface area contributed by atoms with E-state index in [2.05, 4.69) is 10.3 Å². The van der Waals surface area contributed by atoms with E-state index in [0.29, 0.717) is 44.5 Å². The average molecular weight is 609 g/mol. The van der Waals surface area contributed by atoms with Crippen LogP contribution in [0, 0.1) is 0 Å². The number of nitrogens with zero attached hydrogens (tertiary/aromatic N) is 1. The Morgan fingerprint density at radius 2 is 1.73 bits per heavy atom. The summed E-state index contributed by atoms with van der Waals surface area (Å²) in [6.07, 6.45) is 0.250. The summed E-state index contributed by atoms with van der Waals surface area (Å²) in [6, 6.07) is 21.4. The third-order valence-electron chi connectivity index (χ3n) is 6.98. The summed E-state index contributed by atoms with van der Waals surface area (Å²) in [5.41, 5.74) is 3.14. The molecule has 3 N–H and O–H groups in total. The van der Waals surface area contributed by atoms with E-state index < -0.39 is 11.4 Å². The fourth-order valence-corrected chi connectivity index (χ4v) is 5.18. The highest BCUT2D eigenvalue weighted by molar-refractivity contribution is 6.31. The number of nitrogens with one attached hydrogen (secondary N) is 1. The van der Waals surface area contributed by atoms with Crippen LogP contribution in [-0.4, -0.2) is 33.1 Å². The summed E-state index contributed by atoms with van der Waals surface area (Å²) in [4.78, 5) is 57.3. The van der Waals surface area contributed by atoms with Crippen LogP contribution in [0.2, 0.25) is 5.02 Å².